The third-order valence-corrected chi connectivity index (χ3v) is 3.03. The van der Waals surface area contributed by atoms with Gasteiger partial charge in [-0.05, 0) is 23.8 Å². The summed E-state index contributed by atoms with van der Waals surface area (Å²) in [7, 11) is -0.747. The van der Waals surface area contributed by atoms with E-state index >= 15 is 0 Å². The Balaban J connectivity index is 2.40. The van der Waals surface area contributed by atoms with Crippen LogP contribution in [0.2, 0.25) is 10.0 Å². The zero-order chi connectivity index (χ0) is 11.3. The topological polar surface area (TPSA) is 29.1 Å². The minimum atomic E-state index is -0.747. The number of halogens is 2. The summed E-state index contributed by atoms with van der Waals surface area (Å²) in [6.07, 6.45) is 1.69. The van der Waals surface area contributed by atoms with E-state index in [-0.39, 0.29) is 0 Å². The minimum Gasteiger partial charge on any atom is -0.312 e. The fourth-order valence-electron chi connectivity index (χ4n) is 1.16. The first-order valence-corrected chi connectivity index (χ1v) is 7.02. The molecule has 0 radical (unpaired) electrons. The smallest absolute Gasteiger partial charge is 0.0424 e. The zero-order valence-electron chi connectivity index (χ0n) is 8.43. The Morgan fingerprint density at radius 2 is 1.87 bits per heavy atom. The number of rotatable bonds is 5. The summed E-state index contributed by atoms with van der Waals surface area (Å²) in [5, 5.41) is 4.45. The van der Waals surface area contributed by atoms with Crippen LogP contribution >= 0.6 is 23.2 Å². The molecule has 0 spiro atoms. The van der Waals surface area contributed by atoms with Gasteiger partial charge in [0.25, 0.3) is 0 Å². The molecule has 0 aliphatic rings. The van der Waals surface area contributed by atoms with Crippen LogP contribution in [-0.2, 0) is 17.3 Å². The van der Waals surface area contributed by atoms with E-state index in [2.05, 4.69) is 5.32 Å². The molecule has 0 saturated heterocycles. The van der Waals surface area contributed by atoms with E-state index in [1.165, 1.54) is 0 Å². The molecule has 5 heteroatoms. The Labute approximate surface area is 102 Å². The summed E-state index contributed by atoms with van der Waals surface area (Å²) in [6, 6.07) is 5.43. The molecule has 0 heterocycles. The van der Waals surface area contributed by atoms with Gasteiger partial charge in [0.05, 0.1) is 0 Å². The van der Waals surface area contributed by atoms with Crippen LogP contribution in [0.5, 0.6) is 0 Å². The van der Waals surface area contributed by atoms with Crippen molar-refractivity contribution >= 4 is 34.0 Å². The Morgan fingerprint density at radius 1 is 1.27 bits per heavy atom. The summed E-state index contributed by atoms with van der Waals surface area (Å²) in [5.41, 5.74) is 1.04. The largest absolute Gasteiger partial charge is 0.312 e. The summed E-state index contributed by atoms with van der Waals surface area (Å²) < 4.78 is 10.8. The van der Waals surface area contributed by atoms with Crippen molar-refractivity contribution in [3.05, 3.63) is 33.8 Å². The molecule has 1 aromatic carbocycles. The maximum Gasteiger partial charge on any atom is 0.0424 e. The van der Waals surface area contributed by atoms with Crippen LogP contribution in [0.1, 0.15) is 5.56 Å². The van der Waals surface area contributed by atoms with Gasteiger partial charge in [0.2, 0.25) is 0 Å². The molecule has 1 aromatic rings. The molecule has 0 saturated carbocycles. The van der Waals surface area contributed by atoms with Crippen LogP contribution in [0.4, 0.5) is 0 Å². The lowest BCUT2D eigenvalue weighted by atomic mass is 10.2. The fourth-order valence-corrected chi connectivity index (χ4v) is 2.16. The second-order valence-electron chi connectivity index (χ2n) is 3.23. The first-order chi connectivity index (χ1) is 7.08. The molecule has 0 aliphatic heterocycles. The van der Waals surface area contributed by atoms with Crippen LogP contribution in [0.3, 0.4) is 0 Å². The highest BCUT2D eigenvalue weighted by atomic mass is 35.5. The van der Waals surface area contributed by atoms with Crippen LogP contribution in [0.25, 0.3) is 0 Å². The maximum atomic E-state index is 10.8. The van der Waals surface area contributed by atoms with Crippen molar-refractivity contribution in [2.24, 2.45) is 0 Å². The van der Waals surface area contributed by atoms with Gasteiger partial charge >= 0.3 is 0 Å². The fraction of sp³-hybridized carbons (Fsp3) is 0.400. The van der Waals surface area contributed by atoms with E-state index in [9.17, 15) is 4.21 Å². The standard InChI is InChI=1S/C10H13Cl2NOS/c1-15(14)3-2-13-7-8-4-9(11)6-10(12)5-8/h4-6,13H,2-3,7H2,1H3. The Bertz CT molecular complexity index is 337. The predicted molar refractivity (Wildman–Crippen MR) is 67.1 cm³/mol. The number of benzene rings is 1. The Morgan fingerprint density at radius 3 is 2.40 bits per heavy atom. The Kier molecular flexibility index (Phi) is 5.61. The zero-order valence-corrected chi connectivity index (χ0v) is 10.8. The lowest BCUT2D eigenvalue weighted by Crippen LogP contribution is -2.19. The molecule has 2 nitrogen and oxygen atoms in total. The molecule has 15 heavy (non-hydrogen) atoms. The number of hydrogen-bond acceptors (Lipinski definition) is 2. The van der Waals surface area contributed by atoms with Gasteiger partial charge in [-0.3, -0.25) is 4.21 Å². The third-order valence-electron chi connectivity index (χ3n) is 1.82. The summed E-state index contributed by atoms with van der Waals surface area (Å²) in [4.78, 5) is 0. The molecular weight excluding hydrogens is 253 g/mol. The first-order valence-electron chi connectivity index (χ1n) is 4.53. The highest BCUT2D eigenvalue weighted by Crippen LogP contribution is 2.18. The highest BCUT2D eigenvalue weighted by Gasteiger charge is 1.98. The van der Waals surface area contributed by atoms with Crippen molar-refractivity contribution in [1.29, 1.82) is 0 Å². The van der Waals surface area contributed by atoms with Crippen molar-refractivity contribution in [1.82, 2.24) is 5.32 Å². The molecule has 1 N–H and O–H groups in total. The van der Waals surface area contributed by atoms with Gasteiger partial charge in [-0.1, -0.05) is 23.2 Å². The molecule has 1 unspecified atom stereocenters. The van der Waals surface area contributed by atoms with Crippen molar-refractivity contribution in [2.75, 3.05) is 18.6 Å². The van der Waals surface area contributed by atoms with Crippen LogP contribution in [-0.4, -0.2) is 22.8 Å². The monoisotopic (exact) mass is 265 g/mol. The quantitative estimate of drug-likeness (QED) is 0.829. The van der Waals surface area contributed by atoms with E-state index in [1.807, 2.05) is 12.1 Å². The lowest BCUT2D eigenvalue weighted by Gasteiger charge is -2.05. The Hall–Kier alpha value is -0.0900. The number of hydrogen-bond donors (Lipinski definition) is 1. The van der Waals surface area contributed by atoms with E-state index in [4.69, 9.17) is 23.2 Å². The van der Waals surface area contributed by atoms with Gasteiger partial charge in [0.1, 0.15) is 0 Å². The second-order valence-corrected chi connectivity index (χ2v) is 5.66. The first kappa shape index (κ1) is 13.0. The number of nitrogens with one attached hydrogen (secondary N) is 1. The maximum absolute atomic E-state index is 10.8. The van der Waals surface area contributed by atoms with E-state index in [1.54, 1.807) is 12.3 Å². The van der Waals surface area contributed by atoms with E-state index in [0.717, 1.165) is 12.1 Å². The van der Waals surface area contributed by atoms with Crippen LogP contribution in [0.15, 0.2) is 18.2 Å². The van der Waals surface area contributed by atoms with Gasteiger partial charge in [-0.2, -0.15) is 0 Å². The van der Waals surface area contributed by atoms with Crippen molar-refractivity contribution < 1.29 is 4.21 Å². The molecule has 0 amide bonds. The SMILES string of the molecule is CS(=O)CCNCc1cc(Cl)cc(Cl)c1. The third kappa shape index (κ3) is 5.52. The summed E-state index contributed by atoms with van der Waals surface area (Å²) in [5.74, 6) is 0.661. The normalized spacial score (nSPS) is 12.7. The lowest BCUT2D eigenvalue weighted by molar-refractivity contribution is 0.676. The average Bonchev–Trinajstić information content (AvgIpc) is 2.10. The predicted octanol–water partition coefficient (Wildman–Crippen LogP) is 2.46. The molecule has 0 aromatic heterocycles. The van der Waals surface area contributed by atoms with Gasteiger partial charge in [0.15, 0.2) is 0 Å². The van der Waals surface area contributed by atoms with Crippen molar-refractivity contribution in [3.8, 4) is 0 Å². The average molecular weight is 266 g/mol. The molecule has 0 bridgehead atoms. The van der Waals surface area contributed by atoms with Gasteiger partial charge in [0, 0.05) is 45.9 Å². The van der Waals surface area contributed by atoms with Crippen LogP contribution < -0.4 is 5.32 Å². The highest BCUT2D eigenvalue weighted by molar-refractivity contribution is 7.84. The summed E-state index contributed by atoms with van der Waals surface area (Å²) >= 11 is 11.7. The van der Waals surface area contributed by atoms with E-state index in [0.29, 0.717) is 22.3 Å². The molecular formula is C10H13Cl2NOS. The van der Waals surface area contributed by atoms with Crippen LogP contribution in [0, 0.1) is 0 Å². The molecule has 84 valence electrons. The molecule has 0 fully saturated rings. The van der Waals surface area contributed by atoms with Gasteiger partial charge in [-0.15, -0.1) is 0 Å². The minimum absolute atomic E-state index is 0.637. The van der Waals surface area contributed by atoms with Crippen molar-refractivity contribution in [3.63, 3.8) is 0 Å². The van der Waals surface area contributed by atoms with Gasteiger partial charge in [-0.25, -0.2) is 0 Å². The molecule has 0 aliphatic carbocycles. The molecule has 1 rings (SSSR count). The summed E-state index contributed by atoms with van der Waals surface area (Å²) in [6.45, 7) is 1.42. The molecule has 1 atom stereocenters. The second kappa shape index (κ2) is 6.48. The van der Waals surface area contributed by atoms with Crippen molar-refractivity contribution in [2.45, 2.75) is 6.54 Å². The van der Waals surface area contributed by atoms with E-state index < -0.39 is 10.8 Å². The van der Waals surface area contributed by atoms with Gasteiger partial charge < -0.3 is 5.32 Å².